The van der Waals surface area contributed by atoms with E-state index in [4.69, 9.17) is 5.11 Å². The third-order valence-corrected chi connectivity index (χ3v) is 5.57. The minimum atomic E-state index is -0.797. The van der Waals surface area contributed by atoms with Gasteiger partial charge in [-0.2, -0.15) is 0 Å². The van der Waals surface area contributed by atoms with Crippen LogP contribution in [0.4, 0.5) is 5.69 Å². The molecule has 1 heterocycles. The summed E-state index contributed by atoms with van der Waals surface area (Å²) < 4.78 is 0. The third kappa shape index (κ3) is 7.28. The van der Waals surface area contributed by atoms with E-state index in [-0.39, 0.29) is 30.9 Å². The number of carbonyl (C=O) groups excluding carboxylic acids is 1. The van der Waals surface area contributed by atoms with Gasteiger partial charge in [0.2, 0.25) is 5.91 Å². The summed E-state index contributed by atoms with van der Waals surface area (Å²) in [7, 11) is 1.86. The molecule has 0 saturated carbocycles. The fourth-order valence-electron chi connectivity index (χ4n) is 3.94. The van der Waals surface area contributed by atoms with Gasteiger partial charge in [0.05, 0.1) is 13.1 Å². The monoisotopic (exact) mass is 425 g/mol. The van der Waals surface area contributed by atoms with Crippen molar-refractivity contribution in [3.8, 4) is 0 Å². The van der Waals surface area contributed by atoms with Crippen molar-refractivity contribution >= 4 is 30.0 Å². The van der Waals surface area contributed by atoms with Crippen LogP contribution in [0.3, 0.4) is 0 Å². The van der Waals surface area contributed by atoms with Gasteiger partial charge in [-0.15, -0.1) is 12.4 Å². The number of aliphatic carboxylic acids is 1. The van der Waals surface area contributed by atoms with E-state index >= 15 is 0 Å². The van der Waals surface area contributed by atoms with Gasteiger partial charge in [0.25, 0.3) is 0 Å². The van der Waals surface area contributed by atoms with Crippen molar-refractivity contribution in [2.24, 2.45) is 0 Å². The molecule has 1 fully saturated rings. The van der Waals surface area contributed by atoms with Crippen LogP contribution in [0.25, 0.3) is 0 Å². The Hall–Kier alpha value is -1.63. The number of nitrogens with zero attached hydrogens (tertiary/aromatic N) is 2. The molecule has 2 rings (SSSR count). The number of anilines is 1. The molecule has 0 aliphatic carbocycles. The zero-order valence-electron chi connectivity index (χ0n) is 18.3. The molecule has 29 heavy (non-hydrogen) atoms. The minimum Gasteiger partial charge on any atom is -0.480 e. The highest BCUT2D eigenvalue weighted by Gasteiger charge is 2.25. The fraction of sp³-hybridized carbons (Fsp3) is 0.636. The molecule has 1 aliphatic heterocycles. The Morgan fingerprint density at radius 2 is 1.66 bits per heavy atom. The number of hydrogen-bond acceptors (Lipinski definition) is 4. The zero-order chi connectivity index (χ0) is 20.8. The molecule has 6 nitrogen and oxygen atoms in total. The van der Waals surface area contributed by atoms with Crippen molar-refractivity contribution in [1.82, 2.24) is 9.80 Å². The summed E-state index contributed by atoms with van der Waals surface area (Å²) in [5, 5.41) is 12.1. The van der Waals surface area contributed by atoms with Crippen LogP contribution in [0.15, 0.2) is 18.2 Å². The summed E-state index contributed by atoms with van der Waals surface area (Å²) in [4.78, 5) is 27.7. The Morgan fingerprint density at radius 1 is 1.14 bits per heavy atom. The maximum absolute atomic E-state index is 12.8. The molecule has 1 aromatic carbocycles. The van der Waals surface area contributed by atoms with Crippen molar-refractivity contribution in [2.75, 3.05) is 38.5 Å². The molecule has 164 valence electrons. The van der Waals surface area contributed by atoms with Crippen LogP contribution in [-0.2, 0) is 9.59 Å². The number of rotatable bonds is 8. The van der Waals surface area contributed by atoms with Crippen LogP contribution in [-0.4, -0.2) is 66.1 Å². The van der Waals surface area contributed by atoms with Crippen molar-refractivity contribution < 1.29 is 14.7 Å². The number of benzene rings is 1. The van der Waals surface area contributed by atoms with E-state index in [1.807, 2.05) is 11.9 Å². The number of carboxylic acids is 1. The second-order valence-electron chi connectivity index (χ2n) is 8.49. The molecule has 0 radical (unpaired) electrons. The fourth-order valence-corrected chi connectivity index (χ4v) is 3.94. The van der Waals surface area contributed by atoms with Gasteiger partial charge in [-0.3, -0.25) is 19.4 Å². The average Bonchev–Trinajstić information content (AvgIpc) is 2.61. The third-order valence-electron chi connectivity index (χ3n) is 5.57. The number of amides is 1. The zero-order valence-corrected chi connectivity index (χ0v) is 19.1. The molecule has 0 aromatic heterocycles. The van der Waals surface area contributed by atoms with Crippen molar-refractivity contribution in [3.63, 3.8) is 0 Å². The van der Waals surface area contributed by atoms with Gasteiger partial charge >= 0.3 is 5.97 Å². The van der Waals surface area contributed by atoms with Gasteiger partial charge in [-0.05, 0) is 42.9 Å². The van der Waals surface area contributed by atoms with Gasteiger partial charge in [0.1, 0.15) is 0 Å². The molecule has 1 amide bonds. The van der Waals surface area contributed by atoms with Crippen LogP contribution >= 0.6 is 12.4 Å². The highest BCUT2D eigenvalue weighted by molar-refractivity contribution is 5.94. The van der Waals surface area contributed by atoms with Crippen molar-refractivity contribution in [1.29, 1.82) is 0 Å². The number of likely N-dealkylation sites (N-methyl/N-ethyl adjacent to an activating group) is 1. The Bertz CT molecular complexity index is 660. The largest absolute Gasteiger partial charge is 0.480 e. The summed E-state index contributed by atoms with van der Waals surface area (Å²) in [5.41, 5.74) is 3.32. The van der Waals surface area contributed by atoms with E-state index in [2.05, 4.69) is 56.1 Å². The highest BCUT2D eigenvalue weighted by Crippen LogP contribution is 2.32. The van der Waals surface area contributed by atoms with Crippen LogP contribution in [0, 0.1) is 0 Å². The maximum Gasteiger partial charge on any atom is 0.317 e. The summed E-state index contributed by atoms with van der Waals surface area (Å²) in [5.74, 6) is -0.0922. The standard InChI is InChI=1S/C22H35N3O3.ClH/c1-15(2)18-7-6-8-19(16(3)4)22(18)23-20(26)13-25-11-9-17(10-12-25)24(5)14-21(27)28;/h6-8,15-17H,9-14H2,1-5H3,(H,23,26)(H,27,28);1H. The van der Waals surface area contributed by atoms with Gasteiger partial charge in [-0.25, -0.2) is 0 Å². The van der Waals surface area contributed by atoms with Crippen LogP contribution in [0.1, 0.15) is 63.5 Å². The van der Waals surface area contributed by atoms with Crippen LogP contribution < -0.4 is 5.32 Å². The predicted molar refractivity (Wildman–Crippen MR) is 120 cm³/mol. The number of carbonyl (C=O) groups is 2. The lowest BCUT2D eigenvalue weighted by atomic mass is 9.92. The number of hydrogen-bond donors (Lipinski definition) is 2. The number of halogens is 1. The lowest BCUT2D eigenvalue weighted by Gasteiger charge is -2.35. The van der Waals surface area contributed by atoms with E-state index in [0.29, 0.717) is 18.4 Å². The summed E-state index contributed by atoms with van der Waals surface area (Å²) >= 11 is 0. The molecule has 0 unspecified atom stereocenters. The van der Waals surface area contributed by atoms with Gasteiger partial charge < -0.3 is 10.4 Å². The first-order chi connectivity index (χ1) is 13.2. The van der Waals surface area contributed by atoms with Crippen LogP contribution in [0.2, 0.25) is 0 Å². The molecule has 2 N–H and O–H groups in total. The number of nitrogens with one attached hydrogen (secondary N) is 1. The maximum atomic E-state index is 12.8. The highest BCUT2D eigenvalue weighted by atomic mass is 35.5. The van der Waals surface area contributed by atoms with E-state index < -0.39 is 5.97 Å². The van der Waals surface area contributed by atoms with Crippen molar-refractivity contribution in [2.45, 2.75) is 58.4 Å². The normalized spacial score (nSPS) is 15.6. The van der Waals surface area contributed by atoms with Gasteiger partial charge in [-0.1, -0.05) is 45.9 Å². The average molecular weight is 426 g/mol. The first-order valence-corrected chi connectivity index (χ1v) is 10.3. The number of para-hydroxylation sites is 1. The number of carboxylic acid groups (broad SMARTS) is 1. The second-order valence-corrected chi connectivity index (χ2v) is 8.49. The van der Waals surface area contributed by atoms with Gasteiger partial charge in [0.15, 0.2) is 0 Å². The first kappa shape index (κ1) is 25.4. The van der Waals surface area contributed by atoms with E-state index in [9.17, 15) is 9.59 Å². The van der Waals surface area contributed by atoms with Crippen molar-refractivity contribution in [3.05, 3.63) is 29.3 Å². The summed E-state index contributed by atoms with van der Waals surface area (Å²) in [6.45, 7) is 10.6. The number of piperidine rings is 1. The van der Waals surface area contributed by atoms with Crippen LogP contribution in [0.5, 0.6) is 0 Å². The SMILES string of the molecule is CC(C)c1cccc(C(C)C)c1NC(=O)CN1CCC(N(C)CC(=O)O)CC1.Cl. The van der Waals surface area contributed by atoms with E-state index in [1.54, 1.807) is 0 Å². The predicted octanol–water partition coefficient (Wildman–Crippen LogP) is 3.77. The molecule has 1 saturated heterocycles. The van der Waals surface area contributed by atoms with E-state index in [1.165, 1.54) is 11.1 Å². The minimum absolute atomic E-state index is 0. The quantitative estimate of drug-likeness (QED) is 0.663. The smallest absolute Gasteiger partial charge is 0.317 e. The first-order valence-electron chi connectivity index (χ1n) is 10.3. The van der Waals surface area contributed by atoms with E-state index in [0.717, 1.165) is 31.6 Å². The Labute approximate surface area is 181 Å². The Balaban J connectivity index is 0.00000420. The van der Waals surface area contributed by atoms with Gasteiger partial charge in [0, 0.05) is 24.8 Å². The molecule has 1 aromatic rings. The molecular weight excluding hydrogens is 390 g/mol. The molecule has 0 spiro atoms. The molecule has 1 aliphatic rings. The number of likely N-dealkylation sites (tertiary alicyclic amines) is 1. The molecular formula is C22H36ClN3O3. The molecule has 0 atom stereocenters. The second kappa shape index (κ2) is 11.5. The molecule has 7 heteroatoms. The Kier molecular flexibility index (Phi) is 10.1. The summed E-state index contributed by atoms with van der Waals surface area (Å²) in [6.07, 6.45) is 1.77. The lowest BCUT2D eigenvalue weighted by molar-refractivity contribution is -0.138. The Morgan fingerprint density at radius 3 is 2.10 bits per heavy atom. The molecule has 0 bridgehead atoms. The topological polar surface area (TPSA) is 72.9 Å². The summed E-state index contributed by atoms with van der Waals surface area (Å²) in [6, 6.07) is 6.52. The lowest BCUT2D eigenvalue weighted by Crippen LogP contribution is -2.46.